The van der Waals surface area contributed by atoms with Gasteiger partial charge in [-0.2, -0.15) is 0 Å². The van der Waals surface area contributed by atoms with E-state index in [1.54, 1.807) is 31.2 Å². The van der Waals surface area contributed by atoms with E-state index in [0.717, 1.165) is 11.1 Å². The Kier molecular flexibility index (Phi) is 8.52. The molecule has 0 aliphatic carbocycles. The van der Waals surface area contributed by atoms with E-state index in [1.807, 2.05) is 36.4 Å². The molecule has 0 bridgehead atoms. The van der Waals surface area contributed by atoms with Gasteiger partial charge >= 0.3 is 17.8 Å². The zero-order valence-corrected chi connectivity index (χ0v) is 16.3. The molecule has 0 saturated heterocycles. The van der Waals surface area contributed by atoms with Crippen molar-refractivity contribution in [1.29, 1.82) is 0 Å². The maximum atomic E-state index is 12.7. The van der Waals surface area contributed by atoms with Gasteiger partial charge in [0.15, 0.2) is 0 Å². The van der Waals surface area contributed by atoms with Crippen LogP contribution >= 0.6 is 0 Å². The zero-order valence-electron chi connectivity index (χ0n) is 16.3. The maximum absolute atomic E-state index is 12.7. The van der Waals surface area contributed by atoms with Crippen LogP contribution in [0.5, 0.6) is 0 Å². The molecule has 3 amide bonds. The number of amides is 3. The number of hydrogen-bond acceptors (Lipinski definition) is 6. The van der Waals surface area contributed by atoms with Gasteiger partial charge in [0.1, 0.15) is 12.6 Å². The second-order valence-electron chi connectivity index (χ2n) is 6.46. The summed E-state index contributed by atoms with van der Waals surface area (Å²) < 4.78 is 5.15. The number of rotatable bonds is 8. The Morgan fingerprint density at radius 1 is 0.900 bits per heavy atom. The fourth-order valence-electron chi connectivity index (χ4n) is 2.59. The van der Waals surface area contributed by atoms with Crippen molar-refractivity contribution in [3.05, 3.63) is 71.8 Å². The van der Waals surface area contributed by atoms with Gasteiger partial charge in [0.2, 0.25) is 5.91 Å². The van der Waals surface area contributed by atoms with Crippen LogP contribution in [-0.2, 0) is 30.5 Å². The highest BCUT2D eigenvalue weighted by Crippen LogP contribution is 2.12. The van der Waals surface area contributed by atoms with Gasteiger partial charge in [-0.1, -0.05) is 60.7 Å². The van der Waals surface area contributed by atoms with E-state index >= 15 is 0 Å². The minimum Gasteiger partial charge on any atom is -0.461 e. The summed E-state index contributed by atoms with van der Waals surface area (Å²) in [4.78, 5) is 47.9. The molecule has 158 valence electrons. The highest BCUT2D eigenvalue weighted by molar-refractivity contribution is 6.35. The molecule has 0 spiro atoms. The summed E-state index contributed by atoms with van der Waals surface area (Å²) in [6, 6.07) is 16.2. The molecule has 9 heteroatoms. The number of ether oxygens (including phenoxy) is 1. The second-order valence-corrected chi connectivity index (χ2v) is 6.46. The predicted octanol–water partition coefficient (Wildman–Crippen LogP) is 0.988. The van der Waals surface area contributed by atoms with Gasteiger partial charge in [0, 0.05) is 0 Å². The van der Waals surface area contributed by atoms with Crippen LogP contribution in [0.15, 0.2) is 60.7 Å². The quantitative estimate of drug-likeness (QED) is 0.221. The lowest BCUT2D eigenvalue weighted by atomic mass is 10.1. The van der Waals surface area contributed by atoms with E-state index in [9.17, 15) is 19.2 Å². The molecule has 0 fully saturated rings. The predicted molar refractivity (Wildman–Crippen MR) is 106 cm³/mol. The van der Waals surface area contributed by atoms with Crippen LogP contribution in [0.4, 0.5) is 0 Å². The molecule has 30 heavy (non-hydrogen) atoms. The first-order chi connectivity index (χ1) is 14.4. The van der Waals surface area contributed by atoms with E-state index in [0.29, 0.717) is 0 Å². The Labute approximate surface area is 173 Å². The molecule has 0 heterocycles. The number of esters is 1. The van der Waals surface area contributed by atoms with Gasteiger partial charge in [0.05, 0.1) is 12.5 Å². The monoisotopic (exact) mass is 413 g/mol. The lowest BCUT2D eigenvalue weighted by Gasteiger charge is -2.21. The summed E-state index contributed by atoms with van der Waals surface area (Å²) in [5.41, 5.74) is 2.75. The van der Waals surface area contributed by atoms with Crippen LogP contribution in [0, 0.1) is 0 Å². The third kappa shape index (κ3) is 7.02. The van der Waals surface area contributed by atoms with E-state index in [4.69, 9.17) is 9.94 Å². The molecule has 0 aromatic heterocycles. The van der Waals surface area contributed by atoms with Crippen molar-refractivity contribution in [2.75, 3.05) is 0 Å². The molecular formula is C21H23N3O6. The highest BCUT2D eigenvalue weighted by atomic mass is 16.5. The number of benzene rings is 2. The number of hydroxylamine groups is 1. The van der Waals surface area contributed by atoms with Crippen molar-refractivity contribution in [3.63, 3.8) is 0 Å². The molecule has 4 N–H and O–H groups in total. The van der Waals surface area contributed by atoms with E-state index in [1.165, 1.54) is 5.48 Å². The molecule has 2 aromatic carbocycles. The van der Waals surface area contributed by atoms with Crippen LogP contribution in [-0.4, -0.2) is 34.9 Å². The minimum absolute atomic E-state index is 0.000493. The largest absolute Gasteiger partial charge is 0.461 e. The number of carbonyl (C=O) groups is 4. The molecule has 0 radical (unpaired) electrons. The molecule has 0 unspecified atom stereocenters. The number of carbonyl (C=O) groups excluding carboxylic acids is 4. The molecule has 2 rings (SSSR count). The Hall–Kier alpha value is -3.72. The maximum Gasteiger partial charge on any atom is 0.332 e. The Balaban J connectivity index is 2.03. The summed E-state index contributed by atoms with van der Waals surface area (Å²) in [5.74, 6) is -4.04. The highest BCUT2D eigenvalue weighted by Gasteiger charge is 2.28. The first kappa shape index (κ1) is 22.6. The van der Waals surface area contributed by atoms with E-state index < -0.39 is 42.2 Å². The van der Waals surface area contributed by atoms with Crippen LogP contribution < -0.4 is 16.1 Å². The standard InChI is InChI=1S/C21H23N3O6/c1-14(16-10-6-3-7-11-16)22-19(26)17(23-20(27)21(28)24-29)12-18(25)30-13-15-8-4-2-5-9-15/h2-11,14,17,29H,12-13H2,1H3,(H,22,26)(H,23,27)(H,24,28)/t14-,17-/m0/s1. The SMILES string of the molecule is C[C@H](NC(=O)[C@H](CC(=O)OCc1ccccc1)NC(=O)C(=O)NO)c1ccccc1. The average Bonchev–Trinajstić information content (AvgIpc) is 2.77. The molecule has 2 atom stereocenters. The van der Waals surface area contributed by atoms with Gasteiger partial charge in [-0.05, 0) is 18.1 Å². The summed E-state index contributed by atoms with van der Waals surface area (Å²) in [7, 11) is 0. The van der Waals surface area contributed by atoms with Gasteiger partial charge in [-0.15, -0.1) is 0 Å². The fraction of sp³-hybridized carbons (Fsp3) is 0.238. The van der Waals surface area contributed by atoms with Crippen molar-refractivity contribution in [2.24, 2.45) is 0 Å². The smallest absolute Gasteiger partial charge is 0.332 e. The van der Waals surface area contributed by atoms with Crippen molar-refractivity contribution in [3.8, 4) is 0 Å². The number of nitrogens with one attached hydrogen (secondary N) is 3. The van der Waals surface area contributed by atoms with Crippen molar-refractivity contribution < 1.29 is 29.1 Å². The van der Waals surface area contributed by atoms with Crippen LogP contribution in [0.1, 0.15) is 30.5 Å². The van der Waals surface area contributed by atoms with E-state index in [2.05, 4.69) is 10.6 Å². The first-order valence-corrected chi connectivity index (χ1v) is 9.20. The molecule has 0 aliphatic rings. The lowest BCUT2D eigenvalue weighted by molar-refractivity contribution is -0.149. The zero-order chi connectivity index (χ0) is 21.9. The van der Waals surface area contributed by atoms with Crippen molar-refractivity contribution >= 4 is 23.7 Å². The lowest BCUT2D eigenvalue weighted by Crippen LogP contribution is -2.51. The molecule has 2 aromatic rings. The first-order valence-electron chi connectivity index (χ1n) is 9.20. The van der Waals surface area contributed by atoms with Gasteiger partial charge < -0.3 is 15.4 Å². The Morgan fingerprint density at radius 3 is 2.10 bits per heavy atom. The van der Waals surface area contributed by atoms with Gasteiger partial charge in [0.25, 0.3) is 0 Å². The molecular weight excluding hydrogens is 390 g/mol. The van der Waals surface area contributed by atoms with Gasteiger partial charge in [-0.25, -0.2) is 5.48 Å². The van der Waals surface area contributed by atoms with E-state index in [-0.39, 0.29) is 6.61 Å². The summed E-state index contributed by atoms with van der Waals surface area (Å²) in [6.45, 7) is 1.74. The third-order valence-electron chi connectivity index (χ3n) is 4.20. The minimum atomic E-state index is -1.37. The van der Waals surface area contributed by atoms with Crippen LogP contribution in [0.2, 0.25) is 0 Å². The molecule has 0 saturated carbocycles. The average molecular weight is 413 g/mol. The third-order valence-corrected chi connectivity index (χ3v) is 4.20. The van der Waals surface area contributed by atoms with Gasteiger partial charge in [-0.3, -0.25) is 24.4 Å². The topological polar surface area (TPSA) is 134 Å². The van der Waals surface area contributed by atoms with Crippen LogP contribution in [0.3, 0.4) is 0 Å². The molecule has 9 nitrogen and oxygen atoms in total. The second kappa shape index (κ2) is 11.3. The normalized spacial score (nSPS) is 12.2. The molecule has 0 aliphatic heterocycles. The summed E-state index contributed by atoms with van der Waals surface area (Å²) in [5, 5.41) is 13.4. The Morgan fingerprint density at radius 2 is 1.50 bits per heavy atom. The van der Waals surface area contributed by atoms with Crippen molar-refractivity contribution in [1.82, 2.24) is 16.1 Å². The Bertz CT molecular complexity index is 873. The van der Waals surface area contributed by atoms with Crippen molar-refractivity contribution in [2.45, 2.75) is 32.0 Å². The van der Waals surface area contributed by atoms with Crippen LogP contribution in [0.25, 0.3) is 0 Å². The number of hydrogen-bond donors (Lipinski definition) is 4. The summed E-state index contributed by atoms with van der Waals surface area (Å²) in [6.07, 6.45) is -0.495. The fourth-order valence-corrected chi connectivity index (χ4v) is 2.59. The summed E-state index contributed by atoms with van der Waals surface area (Å²) >= 11 is 0.